The molecular weight excluding hydrogens is 421 g/mol. The maximum atomic E-state index is 13.5. The molecule has 2 N–H and O–H groups in total. The van der Waals surface area contributed by atoms with E-state index in [1.165, 1.54) is 18.6 Å². The highest BCUT2D eigenvalue weighted by molar-refractivity contribution is 5.87. The number of carbonyl (C=O) groups is 2. The van der Waals surface area contributed by atoms with Crippen LogP contribution in [0, 0.1) is 29.0 Å². The Morgan fingerprint density at radius 3 is 2.61 bits per heavy atom. The summed E-state index contributed by atoms with van der Waals surface area (Å²) in [7, 11) is 0. The van der Waals surface area contributed by atoms with Gasteiger partial charge in [0.2, 0.25) is 11.8 Å². The number of piperidine rings is 1. The predicted octanol–water partition coefficient (Wildman–Crippen LogP) is 1.79. The highest BCUT2D eigenvalue weighted by Crippen LogP contribution is 2.49. The number of amides is 2. The molecule has 3 saturated heterocycles. The van der Waals surface area contributed by atoms with Crippen LogP contribution >= 0.6 is 0 Å². The molecule has 174 valence electrons. The van der Waals surface area contributed by atoms with Crippen molar-refractivity contribution in [2.75, 3.05) is 13.1 Å². The molecule has 2 aliphatic carbocycles. The van der Waals surface area contributed by atoms with E-state index in [0.717, 1.165) is 37.7 Å². The largest absolute Gasteiger partial charge is 0.330 e. The maximum absolute atomic E-state index is 13.5. The third kappa shape index (κ3) is 3.36. The molecule has 5 fully saturated rings. The molecule has 3 aliphatic heterocycles. The van der Waals surface area contributed by atoms with Crippen LogP contribution in [0.2, 0.25) is 0 Å². The van der Waals surface area contributed by atoms with Crippen LogP contribution < -0.4 is 5.73 Å². The molecule has 1 aromatic rings. The van der Waals surface area contributed by atoms with Gasteiger partial charge in [0.05, 0.1) is 24.2 Å². The normalized spacial score (nSPS) is 34.7. The molecule has 2 saturated carbocycles. The summed E-state index contributed by atoms with van der Waals surface area (Å²) in [4.78, 5) is 32.4. The Hall–Kier alpha value is -2.50. The second kappa shape index (κ2) is 7.78. The third-order valence-corrected chi connectivity index (χ3v) is 8.68. The van der Waals surface area contributed by atoms with Crippen molar-refractivity contribution in [1.82, 2.24) is 14.7 Å². The fraction of sp³-hybridized carbons (Fsp3) is 0.640. The van der Waals surface area contributed by atoms with Gasteiger partial charge in [-0.3, -0.25) is 14.5 Å². The molecule has 2 amide bonds. The van der Waals surface area contributed by atoms with E-state index in [1.807, 2.05) is 17.0 Å². The molecule has 7 nitrogen and oxygen atoms in total. The first kappa shape index (κ1) is 21.1. The Labute approximate surface area is 193 Å². The van der Waals surface area contributed by atoms with Gasteiger partial charge < -0.3 is 15.5 Å². The predicted molar refractivity (Wildman–Crippen MR) is 118 cm³/mol. The van der Waals surface area contributed by atoms with Gasteiger partial charge in [0.25, 0.3) is 0 Å². The van der Waals surface area contributed by atoms with Crippen LogP contribution in [-0.4, -0.2) is 69.8 Å². The smallest absolute Gasteiger partial charge is 0.242 e. The van der Waals surface area contributed by atoms with E-state index in [0.29, 0.717) is 24.9 Å². The van der Waals surface area contributed by atoms with Crippen LogP contribution in [-0.2, 0) is 9.59 Å². The van der Waals surface area contributed by atoms with Crippen LogP contribution in [0.3, 0.4) is 0 Å². The van der Waals surface area contributed by atoms with Crippen molar-refractivity contribution in [3.05, 3.63) is 35.6 Å². The molecule has 6 rings (SSSR count). The molecule has 0 radical (unpaired) electrons. The van der Waals surface area contributed by atoms with Gasteiger partial charge in [0.1, 0.15) is 11.9 Å². The lowest BCUT2D eigenvalue weighted by molar-refractivity contribution is -0.143. The molecule has 0 spiro atoms. The van der Waals surface area contributed by atoms with Crippen LogP contribution in [0.1, 0.15) is 50.1 Å². The number of nitriles is 1. The molecule has 0 aromatic heterocycles. The monoisotopic (exact) mass is 451 g/mol. The van der Waals surface area contributed by atoms with E-state index in [9.17, 15) is 19.2 Å². The SMILES string of the molecule is N#C[C@@H]1C[C@@H]2C[C@@H]2N1C(=O)[C@@H](N)CN1C[C@@H]2C[C@H]1C(=O)N2[C@H](c1ccc(F)cc1)C1CCC1. The van der Waals surface area contributed by atoms with Gasteiger partial charge in [-0.15, -0.1) is 0 Å². The van der Waals surface area contributed by atoms with Crippen molar-refractivity contribution >= 4 is 11.8 Å². The van der Waals surface area contributed by atoms with Gasteiger partial charge in [0.15, 0.2) is 0 Å². The summed E-state index contributed by atoms with van der Waals surface area (Å²) in [6.07, 6.45) is 5.83. The molecular formula is C25H30FN5O2. The van der Waals surface area contributed by atoms with Crippen molar-refractivity contribution in [2.45, 2.75) is 74.8 Å². The van der Waals surface area contributed by atoms with Gasteiger partial charge in [0, 0.05) is 25.2 Å². The second-order valence-corrected chi connectivity index (χ2v) is 10.6. The Morgan fingerprint density at radius 1 is 1.21 bits per heavy atom. The fourth-order valence-electron chi connectivity index (χ4n) is 6.74. The lowest BCUT2D eigenvalue weighted by Gasteiger charge is -2.45. The van der Waals surface area contributed by atoms with Crippen molar-refractivity contribution in [3.63, 3.8) is 0 Å². The molecule has 33 heavy (non-hydrogen) atoms. The van der Waals surface area contributed by atoms with E-state index in [4.69, 9.17) is 5.73 Å². The van der Waals surface area contributed by atoms with Gasteiger partial charge in [-0.1, -0.05) is 18.6 Å². The molecule has 3 heterocycles. The molecule has 7 atom stereocenters. The number of halogens is 1. The number of carbonyl (C=O) groups excluding carboxylic acids is 2. The van der Waals surface area contributed by atoms with Crippen molar-refractivity contribution in [3.8, 4) is 6.07 Å². The van der Waals surface area contributed by atoms with Crippen LogP contribution in [0.25, 0.3) is 0 Å². The summed E-state index contributed by atoms with van der Waals surface area (Å²) < 4.78 is 13.5. The first-order valence-corrected chi connectivity index (χ1v) is 12.3. The summed E-state index contributed by atoms with van der Waals surface area (Å²) in [6.45, 7) is 1.05. The minimum atomic E-state index is -0.722. The van der Waals surface area contributed by atoms with Crippen molar-refractivity contribution in [2.24, 2.45) is 17.6 Å². The van der Waals surface area contributed by atoms with Crippen LogP contribution in [0.15, 0.2) is 24.3 Å². The Bertz CT molecular complexity index is 1010. The number of nitrogens with zero attached hydrogens (tertiary/aromatic N) is 4. The topological polar surface area (TPSA) is 93.7 Å². The summed E-state index contributed by atoms with van der Waals surface area (Å²) in [6, 6.07) is 7.77. The number of benzene rings is 1. The number of hydrogen-bond acceptors (Lipinski definition) is 5. The summed E-state index contributed by atoms with van der Waals surface area (Å²) in [5.41, 5.74) is 7.34. The lowest BCUT2D eigenvalue weighted by atomic mass is 9.76. The number of rotatable bonds is 6. The number of likely N-dealkylation sites (tertiary alicyclic amines) is 3. The first-order valence-electron chi connectivity index (χ1n) is 12.3. The first-order chi connectivity index (χ1) is 16.0. The van der Waals surface area contributed by atoms with Crippen molar-refractivity contribution in [1.29, 1.82) is 5.26 Å². The van der Waals surface area contributed by atoms with E-state index in [2.05, 4.69) is 11.0 Å². The van der Waals surface area contributed by atoms with Gasteiger partial charge >= 0.3 is 0 Å². The minimum absolute atomic E-state index is 0.00732. The molecule has 2 bridgehead atoms. The molecule has 0 unspecified atom stereocenters. The van der Waals surface area contributed by atoms with Gasteiger partial charge in [-0.05, 0) is 61.6 Å². The second-order valence-electron chi connectivity index (χ2n) is 10.6. The number of hydrogen-bond donors (Lipinski definition) is 1. The van der Waals surface area contributed by atoms with E-state index >= 15 is 0 Å². The molecule has 8 heteroatoms. The number of nitrogens with two attached hydrogens (primary N) is 1. The van der Waals surface area contributed by atoms with Gasteiger partial charge in [-0.25, -0.2) is 4.39 Å². The van der Waals surface area contributed by atoms with E-state index < -0.39 is 6.04 Å². The number of fused-ring (bicyclic) bond motifs is 3. The highest BCUT2D eigenvalue weighted by atomic mass is 19.1. The van der Waals surface area contributed by atoms with Crippen molar-refractivity contribution < 1.29 is 14.0 Å². The molecule has 1 aromatic carbocycles. The number of piperazine rings is 1. The molecule has 5 aliphatic rings. The summed E-state index contributed by atoms with van der Waals surface area (Å²) in [5.74, 6) is 0.557. The highest BCUT2D eigenvalue weighted by Gasteiger charge is 2.56. The zero-order chi connectivity index (χ0) is 22.9. The zero-order valence-electron chi connectivity index (χ0n) is 18.6. The minimum Gasteiger partial charge on any atom is -0.330 e. The zero-order valence-corrected chi connectivity index (χ0v) is 18.6. The van der Waals surface area contributed by atoms with Gasteiger partial charge in [-0.2, -0.15) is 5.26 Å². The average Bonchev–Trinajstić information content (AvgIpc) is 3.11. The van der Waals surface area contributed by atoms with Crippen LogP contribution in [0.5, 0.6) is 0 Å². The average molecular weight is 452 g/mol. The maximum Gasteiger partial charge on any atom is 0.242 e. The lowest BCUT2D eigenvalue weighted by Crippen LogP contribution is -2.58. The standard InChI is InChI=1S/C25H30FN5O2/c26-17-6-4-15(5-7-17)23(14-2-1-3-14)31-19-10-22(25(31)33)29(12-19)13-20(28)24(32)30-18(11-27)8-16-9-21(16)30/h4-7,14,16,18-23H,1-3,8-10,12-13,28H2/t16-,18+,19+,20+,21+,22+,23+/m1/s1. The quantitative estimate of drug-likeness (QED) is 0.712. The Balaban J connectivity index is 1.15. The fourth-order valence-corrected chi connectivity index (χ4v) is 6.74. The van der Waals surface area contributed by atoms with Crippen LogP contribution in [0.4, 0.5) is 4.39 Å². The van der Waals surface area contributed by atoms with E-state index in [1.54, 1.807) is 4.90 Å². The summed E-state index contributed by atoms with van der Waals surface area (Å²) in [5, 5.41) is 9.40. The Morgan fingerprint density at radius 2 is 1.97 bits per heavy atom. The van der Waals surface area contributed by atoms with E-state index in [-0.39, 0.29) is 47.8 Å². The summed E-state index contributed by atoms with van der Waals surface area (Å²) >= 11 is 0. The Kier molecular flexibility index (Phi) is 4.96. The third-order valence-electron chi connectivity index (χ3n) is 8.68.